The summed E-state index contributed by atoms with van der Waals surface area (Å²) in [7, 11) is 1.63. The Balaban J connectivity index is 2.37. The van der Waals surface area contributed by atoms with E-state index >= 15 is 0 Å². The van der Waals surface area contributed by atoms with E-state index in [4.69, 9.17) is 9.47 Å². The third-order valence-corrected chi connectivity index (χ3v) is 3.37. The quantitative estimate of drug-likeness (QED) is 0.771. The number of methoxy groups -OCH3 is 1. The zero-order valence-electron chi connectivity index (χ0n) is 10.2. The van der Waals surface area contributed by atoms with Crippen molar-refractivity contribution in [2.45, 2.75) is 6.42 Å². The molecule has 0 N–H and O–H groups in total. The fourth-order valence-electron chi connectivity index (χ4n) is 2.51. The summed E-state index contributed by atoms with van der Waals surface area (Å²) in [5.74, 6) is 0.783. The molecule has 1 aliphatic rings. The predicted octanol–water partition coefficient (Wildman–Crippen LogP) is 2.60. The Labute approximate surface area is 105 Å². The van der Waals surface area contributed by atoms with E-state index in [9.17, 15) is 4.79 Å². The summed E-state index contributed by atoms with van der Waals surface area (Å²) in [6.45, 7) is 0.754. The fourth-order valence-corrected chi connectivity index (χ4v) is 2.51. The summed E-state index contributed by atoms with van der Waals surface area (Å²) in [5, 5.41) is 2.14. The third kappa shape index (κ3) is 1.68. The number of hydrogen-bond donors (Lipinski definition) is 0. The standard InChI is InChI=1S/C15H14O3/c1-17-15-8-13-11(6-7-18-9-14(13)16)10-4-2-3-5-12(10)15/h2-5,8H,6-7,9H2,1H3. The van der Waals surface area contributed by atoms with Crippen LogP contribution >= 0.6 is 0 Å². The summed E-state index contributed by atoms with van der Waals surface area (Å²) in [4.78, 5) is 12.0. The maximum atomic E-state index is 12.0. The number of benzene rings is 2. The topological polar surface area (TPSA) is 35.5 Å². The van der Waals surface area contributed by atoms with E-state index in [1.54, 1.807) is 7.11 Å². The average Bonchev–Trinajstić information content (AvgIpc) is 2.60. The lowest BCUT2D eigenvalue weighted by Gasteiger charge is -2.12. The van der Waals surface area contributed by atoms with Gasteiger partial charge in [-0.3, -0.25) is 4.79 Å². The summed E-state index contributed by atoms with van der Waals surface area (Å²) < 4.78 is 10.7. The van der Waals surface area contributed by atoms with Gasteiger partial charge in [-0.05, 0) is 23.4 Å². The van der Waals surface area contributed by atoms with Gasteiger partial charge in [0.15, 0.2) is 5.78 Å². The molecule has 0 spiro atoms. The van der Waals surface area contributed by atoms with Gasteiger partial charge in [0.25, 0.3) is 0 Å². The second kappa shape index (κ2) is 4.42. The van der Waals surface area contributed by atoms with Crippen molar-refractivity contribution >= 4 is 16.6 Å². The van der Waals surface area contributed by atoms with E-state index in [0.29, 0.717) is 6.61 Å². The zero-order chi connectivity index (χ0) is 12.5. The van der Waals surface area contributed by atoms with Crippen molar-refractivity contribution in [3.05, 3.63) is 41.5 Å². The Kier molecular flexibility index (Phi) is 2.76. The monoisotopic (exact) mass is 242 g/mol. The Morgan fingerprint density at radius 2 is 2.00 bits per heavy atom. The van der Waals surface area contributed by atoms with Crippen molar-refractivity contribution in [3.8, 4) is 5.75 Å². The number of fused-ring (bicyclic) bond motifs is 3. The van der Waals surface area contributed by atoms with E-state index in [1.807, 2.05) is 30.3 Å². The Hall–Kier alpha value is -1.87. The van der Waals surface area contributed by atoms with Crippen molar-refractivity contribution in [2.75, 3.05) is 20.3 Å². The number of Topliss-reactive ketones (excluding diaryl/α,β-unsaturated/α-hetero) is 1. The lowest BCUT2D eigenvalue weighted by atomic mass is 9.94. The van der Waals surface area contributed by atoms with Gasteiger partial charge in [-0.1, -0.05) is 24.3 Å². The maximum absolute atomic E-state index is 12.0. The van der Waals surface area contributed by atoms with Gasteiger partial charge in [-0.2, -0.15) is 0 Å². The van der Waals surface area contributed by atoms with Crippen molar-refractivity contribution < 1.29 is 14.3 Å². The smallest absolute Gasteiger partial charge is 0.188 e. The zero-order valence-corrected chi connectivity index (χ0v) is 10.2. The van der Waals surface area contributed by atoms with Gasteiger partial charge in [0.2, 0.25) is 0 Å². The van der Waals surface area contributed by atoms with Crippen molar-refractivity contribution in [1.29, 1.82) is 0 Å². The fraction of sp³-hybridized carbons (Fsp3) is 0.267. The third-order valence-electron chi connectivity index (χ3n) is 3.37. The summed E-state index contributed by atoms with van der Waals surface area (Å²) in [5.41, 5.74) is 1.82. The molecule has 0 amide bonds. The molecule has 0 fully saturated rings. The number of carbonyl (C=O) groups is 1. The molecular formula is C15H14O3. The van der Waals surface area contributed by atoms with Gasteiger partial charge in [-0.15, -0.1) is 0 Å². The van der Waals surface area contributed by atoms with E-state index in [-0.39, 0.29) is 12.4 Å². The van der Waals surface area contributed by atoms with Crippen LogP contribution in [0.15, 0.2) is 30.3 Å². The van der Waals surface area contributed by atoms with Gasteiger partial charge < -0.3 is 9.47 Å². The maximum Gasteiger partial charge on any atom is 0.188 e. The van der Waals surface area contributed by atoms with Crippen LogP contribution in [-0.2, 0) is 11.2 Å². The van der Waals surface area contributed by atoms with E-state index in [2.05, 4.69) is 0 Å². The van der Waals surface area contributed by atoms with E-state index in [1.165, 1.54) is 0 Å². The molecule has 3 heteroatoms. The van der Waals surface area contributed by atoms with Crippen LogP contribution in [0.5, 0.6) is 5.75 Å². The van der Waals surface area contributed by atoms with Crippen molar-refractivity contribution in [3.63, 3.8) is 0 Å². The SMILES string of the molecule is COc1cc2c(c3ccccc13)CCOCC2=O. The minimum Gasteiger partial charge on any atom is -0.496 e. The number of ether oxygens (including phenoxy) is 2. The molecule has 92 valence electrons. The highest BCUT2D eigenvalue weighted by atomic mass is 16.5. The molecule has 0 saturated carbocycles. The molecule has 1 aliphatic heterocycles. The van der Waals surface area contributed by atoms with E-state index < -0.39 is 0 Å². The molecule has 1 heterocycles. The Bertz CT molecular complexity index is 616. The van der Waals surface area contributed by atoms with Gasteiger partial charge in [0.1, 0.15) is 12.4 Å². The molecule has 0 aliphatic carbocycles. The first-order chi connectivity index (χ1) is 8.81. The van der Waals surface area contributed by atoms with Gasteiger partial charge in [-0.25, -0.2) is 0 Å². The summed E-state index contributed by atoms with van der Waals surface area (Å²) >= 11 is 0. The number of hydrogen-bond acceptors (Lipinski definition) is 3. The lowest BCUT2D eigenvalue weighted by molar-refractivity contribution is 0.0788. The molecule has 2 aromatic carbocycles. The summed E-state index contributed by atoms with van der Waals surface area (Å²) in [6, 6.07) is 9.86. The van der Waals surface area contributed by atoms with Crippen LogP contribution in [0.1, 0.15) is 15.9 Å². The van der Waals surface area contributed by atoms with Gasteiger partial charge in [0.05, 0.1) is 13.7 Å². The Morgan fingerprint density at radius 1 is 1.22 bits per heavy atom. The molecule has 0 bridgehead atoms. The van der Waals surface area contributed by atoms with E-state index in [0.717, 1.165) is 34.1 Å². The first-order valence-electron chi connectivity index (χ1n) is 6.01. The molecule has 2 aromatic rings. The minimum atomic E-state index is 0.0338. The lowest BCUT2D eigenvalue weighted by Crippen LogP contribution is -2.07. The number of ketones is 1. The van der Waals surface area contributed by atoms with Crippen LogP contribution in [0.3, 0.4) is 0 Å². The summed E-state index contributed by atoms with van der Waals surface area (Å²) in [6.07, 6.45) is 0.769. The molecule has 3 nitrogen and oxygen atoms in total. The van der Waals surface area contributed by atoms with Gasteiger partial charge in [0, 0.05) is 10.9 Å². The highest BCUT2D eigenvalue weighted by Crippen LogP contribution is 2.32. The second-order valence-corrected chi connectivity index (χ2v) is 4.38. The highest BCUT2D eigenvalue weighted by molar-refractivity contribution is 6.05. The molecule has 18 heavy (non-hydrogen) atoms. The van der Waals surface area contributed by atoms with Crippen molar-refractivity contribution in [2.24, 2.45) is 0 Å². The van der Waals surface area contributed by atoms with Gasteiger partial charge >= 0.3 is 0 Å². The molecule has 0 radical (unpaired) electrons. The largest absolute Gasteiger partial charge is 0.496 e. The highest BCUT2D eigenvalue weighted by Gasteiger charge is 2.20. The molecule has 0 aromatic heterocycles. The van der Waals surface area contributed by atoms with Crippen LogP contribution < -0.4 is 4.74 Å². The Morgan fingerprint density at radius 3 is 2.78 bits per heavy atom. The minimum absolute atomic E-state index is 0.0338. The molecule has 3 rings (SSSR count). The predicted molar refractivity (Wildman–Crippen MR) is 69.4 cm³/mol. The number of rotatable bonds is 1. The van der Waals surface area contributed by atoms with Crippen LogP contribution in [0.25, 0.3) is 10.8 Å². The number of carbonyl (C=O) groups excluding carboxylic acids is 1. The second-order valence-electron chi connectivity index (χ2n) is 4.38. The van der Waals surface area contributed by atoms with Crippen LogP contribution in [0.2, 0.25) is 0 Å². The first-order valence-corrected chi connectivity index (χ1v) is 6.01. The van der Waals surface area contributed by atoms with Crippen molar-refractivity contribution in [1.82, 2.24) is 0 Å². The van der Waals surface area contributed by atoms with Crippen LogP contribution in [0, 0.1) is 0 Å². The normalized spacial score (nSPS) is 15.3. The molecule has 0 atom stereocenters. The van der Waals surface area contributed by atoms with Crippen LogP contribution in [0.4, 0.5) is 0 Å². The molecule has 0 unspecified atom stereocenters. The molecular weight excluding hydrogens is 228 g/mol. The first kappa shape index (κ1) is 11.2. The average molecular weight is 242 g/mol. The van der Waals surface area contributed by atoms with Crippen LogP contribution in [-0.4, -0.2) is 26.1 Å². The molecule has 0 saturated heterocycles.